The van der Waals surface area contributed by atoms with Gasteiger partial charge in [-0.2, -0.15) is 0 Å². The van der Waals surface area contributed by atoms with Crippen molar-refractivity contribution in [1.29, 1.82) is 0 Å². The van der Waals surface area contributed by atoms with Gasteiger partial charge >= 0.3 is 0 Å². The van der Waals surface area contributed by atoms with E-state index in [0.717, 1.165) is 29.8 Å². The predicted molar refractivity (Wildman–Crippen MR) is 118 cm³/mol. The molecule has 1 saturated heterocycles. The number of carbonyl (C=O) groups excluding carboxylic acids is 1. The molecule has 0 radical (unpaired) electrons. The molecule has 2 unspecified atom stereocenters. The molecule has 6 nitrogen and oxygen atoms in total. The van der Waals surface area contributed by atoms with Gasteiger partial charge < -0.3 is 24.4 Å². The van der Waals surface area contributed by atoms with Crippen LogP contribution in [0.1, 0.15) is 29.2 Å². The van der Waals surface area contributed by atoms with Crippen molar-refractivity contribution in [3.63, 3.8) is 0 Å². The normalized spacial score (nSPS) is 20.7. The highest BCUT2D eigenvalue weighted by atomic mass is 35.5. The Bertz CT molecular complexity index is 856. The van der Waals surface area contributed by atoms with E-state index in [4.69, 9.17) is 14.2 Å². The Morgan fingerprint density at radius 2 is 1.90 bits per heavy atom. The van der Waals surface area contributed by atoms with Crippen LogP contribution in [0.2, 0.25) is 0 Å². The zero-order chi connectivity index (χ0) is 20.2. The number of halogens is 1. The molecule has 162 valence electrons. The first kappa shape index (κ1) is 22.4. The number of nitrogens with zero attached hydrogens (tertiary/aromatic N) is 1. The highest BCUT2D eigenvalue weighted by Gasteiger charge is 2.34. The van der Waals surface area contributed by atoms with E-state index >= 15 is 0 Å². The minimum Gasteiger partial charge on any atom is -0.493 e. The van der Waals surface area contributed by atoms with Gasteiger partial charge in [0.1, 0.15) is 0 Å². The lowest BCUT2D eigenvalue weighted by atomic mass is 9.87. The van der Waals surface area contributed by atoms with Crippen LogP contribution in [0, 0.1) is 0 Å². The molecule has 4 rings (SSSR count). The molecule has 0 aromatic heterocycles. The van der Waals surface area contributed by atoms with Gasteiger partial charge in [-0.3, -0.25) is 4.79 Å². The van der Waals surface area contributed by atoms with Gasteiger partial charge in [0, 0.05) is 25.6 Å². The third kappa shape index (κ3) is 4.56. The Morgan fingerprint density at radius 1 is 1.17 bits per heavy atom. The number of amides is 1. The number of benzene rings is 2. The minimum absolute atomic E-state index is 0. The Hall–Kier alpha value is -2.28. The maximum atomic E-state index is 13.3. The van der Waals surface area contributed by atoms with Gasteiger partial charge in [-0.25, -0.2) is 0 Å². The smallest absolute Gasteiger partial charge is 0.225 e. The van der Waals surface area contributed by atoms with E-state index in [1.807, 2.05) is 35.2 Å². The molecule has 30 heavy (non-hydrogen) atoms. The molecule has 0 bridgehead atoms. The van der Waals surface area contributed by atoms with Crippen LogP contribution in [-0.2, 0) is 16.0 Å². The fraction of sp³-hybridized carbons (Fsp3) is 0.435. The molecule has 2 aromatic carbocycles. The molecule has 2 aliphatic rings. The summed E-state index contributed by atoms with van der Waals surface area (Å²) in [6, 6.07) is 14.2. The van der Waals surface area contributed by atoms with Gasteiger partial charge in [-0.05, 0) is 35.2 Å². The number of nitrogens with one attached hydrogen (secondary N) is 1. The lowest BCUT2D eigenvalue weighted by Gasteiger charge is -2.39. The molecular weight excluding hydrogens is 404 g/mol. The van der Waals surface area contributed by atoms with Crippen LogP contribution in [0.5, 0.6) is 11.5 Å². The van der Waals surface area contributed by atoms with Gasteiger partial charge in [0.25, 0.3) is 0 Å². The van der Waals surface area contributed by atoms with Crippen molar-refractivity contribution >= 4 is 18.3 Å². The molecule has 1 fully saturated rings. The molecule has 0 spiro atoms. The van der Waals surface area contributed by atoms with Crippen molar-refractivity contribution in [2.45, 2.75) is 24.9 Å². The number of morpholine rings is 1. The predicted octanol–water partition coefficient (Wildman–Crippen LogP) is 2.98. The second-order valence-corrected chi connectivity index (χ2v) is 7.49. The summed E-state index contributed by atoms with van der Waals surface area (Å²) in [6.45, 7) is 2.75. The van der Waals surface area contributed by atoms with Gasteiger partial charge in [0.05, 0.1) is 33.5 Å². The quantitative estimate of drug-likeness (QED) is 0.787. The van der Waals surface area contributed by atoms with Crippen molar-refractivity contribution < 1.29 is 19.0 Å². The Kier molecular flexibility index (Phi) is 7.58. The molecular formula is C23H29ClN2O4. The third-order valence-electron chi connectivity index (χ3n) is 5.73. The maximum Gasteiger partial charge on any atom is 0.225 e. The molecule has 1 amide bonds. The minimum atomic E-state index is -0.142. The largest absolute Gasteiger partial charge is 0.493 e. The van der Waals surface area contributed by atoms with Crippen LogP contribution in [0.15, 0.2) is 42.5 Å². The first-order valence-electron chi connectivity index (χ1n) is 10.1. The number of hydrogen-bond acceptors (Lipinski definition) is 5. The number of hydrogen-bond donors (Lipinski definition) is 1. The zero-order valence-electron chi connectivity index (χ0n) is 17.4. The van der Waals surface area contributed by atoms with E-state index < -0.39 is 0 Å². The van der Waals surface area contributed by atoms with Crippen LogP contribution in [-0.4, -0.2) is 57.4 Å². The summed E-state index contributed by atoms with van der Waals surface area (Å²) >= 11 is 0. The summed E-state index contributed by atoms with van der Waals surface area (Å²) in [7, 11) is 3.29. The fourth-order valence-electron chi connectivity index (χ4n) is 4.29. The van der Waals surface area contributed by atoms with Crippen LogP contribution in [0.4, 0.5) is 0 Å². The first-order valence-corrected chi connectivity index (χ1v) is 10.1. The van der Waals surface area contributed by atoms with E-state index in [9.17, 15) is 4.79 Å². The van der Waals surface area contributed by atoms with Crippen molar-refractivity contribution in [2.24, 2.45) is 0 Å². The number of carbonyl (C=O) groups is 1. The average molecular weight is 433 g/mol. The Labute approximate surface area is 183 Å². The first-order chi connectivity index (χ1) is 14.2. The standard InChI is InChI=1S/C23H28N2O4.ClH/c1-27-20-12-17-8-10-25(22(26)13-18-15-29-11-9-24-18)23(16-6-4-3-5-7-16)19(17)14-21(20)28-2;/h3-7,12,14,18,23-24H,8-11,13,15H2,1-2H3;1H. The molecule has 2 heterocycles. The van der Waals surface area contributed by atoms with Gasteiger partial charge in [-0.1, -0.05) is 30.3 Å². The SMILES string of the molecule is COc1cc2c(cc1OC)C(c1ccccc1)N(C(=O)CC1COCCN1)CC2.Cl. The van der Waals surface area contributed by atoms with Crippen LogP contribution in [0.25, 0.3) is 0 Å². The number of rotatable bonds is 5. The van der Waals surface area contributed by atoms with E-state index in [2.05, 4.69) is 17.4 Å². The van der Waals surface area contributed by atoms with E-state index in [1.165, 1.54) is 5.56 Å². The second kappa shape index (κ2) is 10.2. The molecule has 2 aromatic rings. The molecule has 2 atom stereocenters. The third-order valence-corrected chi connectivity index (χ3v) is 5.73. The highest BCUT2D eigenvalue weighted by molar-refractivity contribution is 5.85. The summed E-state index contributed by atoms with van der Waals surface area (Å²) < 4.78 is 16.6. The Morgan fingerprint density at radius 3 is 2.57 bits per heavy atom. The average Bonchev–Trinajstić information content (AvgIpc) is 2.78. The topological polar surface area (TPSA) is 60.0 Å². The molecule has 2 aliphatic heterocycles. The summed E-state index contributed by atoms with van der Waals surface area (Å²) in [4.78, 5) is 15.3. The highest BCUT2D eigenvalue weighted by Crippen LogP contribution is 2.41. The van der Waals surface area contributed by atoms with Gasteiger partial charge in [-0.15, -0.1) is 12.4 Å². The van der Waals surface area contributed by atoms with Gasteiger partial charge in [0.15, 0.2) is 11.5 Å². The van der Waals surface area contributed by atoms with Crippen molar-refractivity contribution in [2.75, 3.05) is 40.5 Å². The summed E-state index contributed by atoms with van der Waals surface area (Å²) in [5.74, 6) is 1.55. The van der Waals surface area contributed by atoms with Gasteiger partial charge in [0.2, 0.25) is 5.91 Å². The summed E-state index contributed by atoms with van der Waals surface area (Å²) in [6.07, 6.45) is 1.23. The second-order valence-electron chi connectivity index (χ2n) is 7.49. The number of fused-ring (bicyclic) bond motifs is 1. The molecule has 0 saturated carbocycles. The summed E-state index contributed by atoms with van der Waals surface area (Å²) in [5.41, 5.74) is 3.39. The van der Waals surface area contributed by atoms with E-state index in [-0.39, 0.29) is 30.4 Å². The molecule has 7 heteroatoms. The Balaban J connectivity index is 0.00000256. The van der Waals surface area contributed by atoms with Crippen molar-refractivity contribution in [3.8, 4) is 11.5 Å². The van der Waals surface area contributed by atoms with E-state index in [1.54, 1.807) is 14.2 Å². The zero-order valence-corrected chi connectivity index (χ0v) is 18.2. The fourth-order valence-corrected chi connectivity index (χ4v) is 4.29. The van der Waals surface area contributed by atoms with Crippen molar-refractivity contribution in [3.05, 3.63) is 59.2 Å². The number of methoxy groups -OCH3 is 2. The molecule has 1 N–H and O–H groups in total. The van der Waals surface area contributed by atoms with Crippen LogP contribution >= 0.6 is 12.4 Å². The maximum absolute atomic E-state index is 13.3. The number of ether oxygens (including phenoxy) is 3. The van der Waals surface area contributed by atoms with Crippen LogP contribution in [0.3, 0.4) is 0 Å². The van der Waals surface area contributed by atoms with Crippen LogP contribution < -0.4 is 14.8 Å². The lowest BCUT2D eigenvalue weighted by molar-refractivity contribution is -0.134. The molecule has 0 aliphatic carbocycles. The lowest BCUT2D eigenvalue weighted by Crippen LogP contribution is -2.47. The van der Waals surface area contributed by atoms with Crippen molar-refractivity contribution in [1.82, 2.24) is 10.2 Å². The monoisotopic (exact) mass is 432 g/mol. The summed E-state index contributed by atoms with van der Waals surface area (Å²) in [5, 5.41) is 3.39. The van der Waals surface area contributed by atoms with E-state index in [0.29, 0.717) is 31.9 Å².